The van der Waals surface area contributed by atoms with Crippen molar-refractivity contribution >= 4 is 5.78 Å². The number of hydrogen-bond donors (Lipinski definition) is 0. The quantitative estimate of drug-likeness (QED) is 0.125. The fraction of sp³-hybridized carbons (Fsp3) is 0.815. The van der Waals surface area contributed by atoms with E-state index in [0.717, 1.165) is 32.1 Å². The van der Waals surface area contributed by atoms with Gasteiger partial charge in [0.1, 0.15) is 5.78 Å². The second-order valence-corrected chi connectivity index (χ2v) is 8.50. The van der Waals surface area contributed by atoms with Crippen molar-refractivity contribution in [2.75, 3.05) is 0 Å². The van der Waals surface area contributed by atoms with Crippen LogP contribution in [-0.4, -0.2) is 5.78 Å². The lowest BCUT2D eigenvalue weighted by Crippen LogP contribution is -1.97. The maximum atomic E-state index is 11.9. The van der Waals surface area contributed by atoms with Crippen LogP contribution in [0, 0.1) is 0 Å². The average molecular weight is 391 g/mol. The van der Waals surface area contributed by atoms with Gasteiger partial charge in [-0.05, 0) is 25.7 Å². The van der Waals surface area contributed by atoms with Gasteiger partial charge in [-0.2, -0.15) is 0 Å². The van der Waals surface area contributed by atoms with Crippen molar-refractivity contribution in [3.05, 3.63) is 24.8 Å². The number of carbonyl (C=O) groups excluding carboxylic acids is 1. The van der Waals surface area contributed by atoms with Crippen molar-refractivity contribution in [1.29, 1.82) is 0 Å². The second-order valence-electron chi connectivity index (χ2n) is 8.50. The molecule has 28 heavy (non-hydrogen) atoms. The van der Waals surface area contributed by atoms with Gasteiger partial charge in [0.2, 0.25) is 0 Å². The van der Waals surface area contributed by atoms with Crippen LogP contribution in [0.5, 0.6) is 0 Å². The van der Waals surface area contributed by atoms with Crippen LogP contribution in [0.15, 0.2) is 24.8 Å². The van der Waals surface area contributed by atoms with E-state index in [1.807, 2.05) is 12.2 Å². The predicted molar refractivity (Wildman–Crippen MR) is 127 cm³/mol. The van der Waals surface area contributed by atoms with Crippen LogP contribution in [0.4, 0.5) is 0 Å². The van der Waals surface area contributed by atoms with E-state index in [0.29, 0.717) is 5.78 Å². The highest BCUT2D eigenvalue weighted by atomic mass is 16.1. The first kappa shape index (κ1) is 27.1. The topological polar surface area (TPSA) is 17.1 Å². The number of Topliss-reactive ketones (excluding diaryl/α,β-unsaturated/α-hetero) is 1. The largest absolute Gasteiger partial charge is 0.300 e. The Balaban J connectivity index is 3.15. The Morgan fingerprint density at radius 3 is 1.43 bits per heavy atom. The number of hydrogen-bond acceptors (Lipinski definition) is 1. The van der Waals surface area contributed by atoms with Gasteiger partial charge in [0, 0.05) is 12.8 Å². The number of unbranched alkanes of at least 4 members (excludes halogenated alkanes) is 17. The van der Waals surface area contributed by atoms with E-state index in [1.54, 1.807) is 0 Å². The highest BCUT2D eigenvalue weighted by Gasteiger charge is 2.01. The minimum Gasteiger partial charge on any atom is -0.300 e. The van der Waals surface area contributed by atoms with Gasteiger partial charge < -0.3 is 0 Å². The van der Waals surface area contributed by atoms with Gasteiger partial charge in [-0.15, -0.1) is 0 Å². The molecule has 0 N–H and O–H groups in total. The SMILES string of the molecule is C=C/C=C/CCCCCC(=O)CCCCCCCCCCCCCCCCC. The molecule has 0 aliphatic heterocycles. The van der Waals surface area contributed by atoms with E-state index in [2.05, 4.69) is 19.6 Å². The summed E-state index contributed by atoms with van der Waals surface area (Å²) in [5.74, 6) is 0.483. The van der Waals surface area contributed by atoms with E-state index in [9.17, 15) is 4.79 Å². The number of rotatable bonds is 23. The van der Waals surface area contributed by atoms with Crippen LogP contribution in [0.25, 0.3) is 0 Å². The Labute approximate surface area is 177 Å². The third kappa shape index (κ3) is 23.2. The Bertz CT molecular complexity index is 355. The highest BCUT2D eigenvalue weighted by molar-refractivity contribution is 5.78. The number of ketones is 1. The molecule has 0 fully saturated rings. The monoisotopic (exact) mass is 390 g/mol. The molecule has 0 spiro atoms. The Hall–Kier alpha value is -0.850. The standard InChI is InChI=1S/C27H50O/c1-3-5-7-9-11-12-13-14-15-16-17-18-20-22-24-26-27(28)25-23-21-19-10-8-6-4-2/h4,6,8H,2-3,5,7,9-26H2,1H3/b8-6+. The van der Waals surface area contributed by atoms with Crippen LogP contribution in [-0.2, 0) is 4.79 Å². The summed E-state index contributed by atoms with van der Waals surface area (Å²) in [6.07, 6.45) is 32.8. The van der Waals surface area contributed by atoms with Crippen molar-refractivity contribution in [3.63, 3.8) is 0 Å². The summed E-state index contributed by atoms with van der Waals surface area (Å²) in [4.78, 5) is 11.9. The first-order valence-corrected chi connectivity index (χ1v) is 12.6. The zero-order valence-corrected chi connectivity index (χ0v) is 19.2. The summed E-state index contributed by atoms with van der Waals surface area (Å²) in [6.45, 7) is 5.95. The Kier molecular flexibility index (Phi) is 23.5. The predicted octanol–water partition coefficient (Wildman–Crippen LogP) is 9.51. The van der Waals surface area contributed by atoms with Crippen LogP contribution < -0.4 is 0 Å². The lowest BCUT2D eigenvalue weighted by molar-refractivity contribution is -0.119. The zero-order valence-electron chi connectivity index (χ0n) is 19.2. The maximum Gasteiger partial charge on any atom is 0.132 e. The molecule has 0 amide bonds. The van der Waals surface area contributed by atoms with Crippen molar-refractivity contribution in [2.24, 2.45) is 0 Å². The number of carbonyl (C=O) groups is 1. The van der Waals surface area contributed by atoms with Crippen molar-refractivity contribution in [2.45, 2.75) is 142 Å². The molecule has 0 rings (SSSR count). The molecule has 0 aromatic carbocycles. The zero-order chi connectivity index (χ0) is 20.5. The molecule has 0 saturated heterocycles. The fourth-order valence-electron chi connectivity index (χ4n) is 3.77. The van der Waals surface area contributed by atoms with E-state index < -0.39 is 0 Å². The number of allylic oxidation sites excluding steroid dienone is 3. The van der Waals surface area contributed by atoms with Crippen molar-refractivity contribution in [1.82, 2.24) is 0 Å². The van der Waals surface area contributed by atoms with E-state index in [-0.39, 0.29) is 0 Å². The van der Waals surface area contributed by atoms with Gasteiger partial charge in [0.15, 0.2) is 0 Å². The van der Waals surface area contributed by atoms with Gasteiger partial charge in [0.05, 0.1) is 0 Å². The van der Waals surface area contributed by atoms with E-state index in [1.165, 1.54) is 103 Å². The molecular formula is C27H50O. The molecule has 0 radical (unpaired) electrons. The van der Waals surface area contributed by atoms with Crippen LogP contribution >= 0.6 is 0 Å². The van der Waals surface area contributed by atoms with Gasteiger partial charge in [0.25, 0.3) is 0 Å². The summed E-state index contributed by atoms with van der Waals surface area (Å²) in [5, 5.41) is 0. The van der Waals surface area contributed by atoms with Crippen LogP contribution in [0.3, 0.4) is 0 Å². The van der Waals surface area contributed by atoms with Gasteiger partial charge >= 0.3 is 0 Å². The normalized spacial score (nSPS) is 11.3. The molecule has 1 nitrogen and oxygen atoms in total. The molecule has 0 aliphatic carbocycles. The summed E-state index contributed by atoms with van der Waals surface area (Å²) in [6, 6.07) is 0. The molecule has 0 aliphatic rings. The molecule has 0 aromatic heterocycles. The Morgan fingerprint density at radius 1 is 0.607 bits per heavy atom. The molecule has 0 aromatic rings. The summed E-state index contributed by atoms with van der Waals surface area (Å²) in [5.41, 5.74) is 0. The Morgan fingerprint density at radius 2 is 1.00 bits per heavy atom. The molecular weight excluding hydrogens is 340 g/mol. The molecule has 0 atom stereocenters. The maximum absolute atomic E-state index is 11.9. The van der Waals surface area contributed by atoms with E-state index >= 15 is 0 Å². The molecule has 0 bridgehead atoms. The minimum absolute atomic E-state index is 0.483. The smallest absolute Gasteiger partial charge is 0.132 e. The average Bonchev–Trinajstić information content (AvgIpc) is 2.70. The summed E-state index contributed by atoms with van der Waals surface area (Å²) >= 11 is 0. The van der Waals surface area contributed by atoms with E-state index in [4.69, 9.17) is 0 Å². The third-order valence-electron chi connectivity index (χ3n) is 5.66. The van der Waals surface area contributed by atoms with Crippen LogP contribution in [0.1, 0.15) is 142 Å². The molecule has 0 unspecified atom stereocenters. The van der Waals surface area contributed by atoms with Crippen molar-refractivity contribution < 1.29 is 4.79 Å². The van der Waals surface area contributed by atoms with Gasteiger partial charge in [-0.3, -0.25) is 4.79 Å². The van der Waals surface area contributed by atoms with Gasteiger partial charge in [-0.1, -0.05) is 128 Å². The third-order valence-corrected chi connectivity index (χ3v) is 5.66. The van der Waals surface area contributed by atoms with Gasteiger partial charge in [-0.25, -0.2) is 0 Å². The molecule has 0 saturated carbocycles. The summed E-state index contributed by atoms with van der Waals surface area (Å²) in [7, 11) is 0. The molecule has 1 heteroatoms. The van der Waals surface area contributed by atoms with Crippen molar-refractivity contribution in [3.8, 4) is 0 Å². The lowest BCUT2D eigenvalue weighted by Gasteiger charge is -2.04. The molecule has 164 valence electrons. The highest BCUT2D eigenvalue weighted by Crippen LogP contribution is 2.14. The second kappa shape index (κ2) is 24.2. The van der Waals surface area contributed by atoms with Crippen LogP contribution in [0.2, 0.25) is 0 Å². The molecule has 0 heterocycles. The fourth-order valence-corrected chi connectivity index (χ4v) is 3.77. The first-order valence-electron chi connectivity index (χ1n) is 12.6. The summed E-state index contributed by atoms with van der Waals surface area (Å²) < 4.78 is 0. The minimum atomic E-state index is 0.483. The first-order chi connectivity index (χ1) is 13.8. The lowest BCUT2D eigenvalue weighted by atomic mass is 10.0.